The van der Waals surface area contributed by atoms with Crippen LogP contribution in [0.1, 0.15) is 26.2 Å². The first-order valence-electron chi connectivity index (χ1n) is 10.6. The van der Waals surface area contributed by atoms with Gasteiger partial charge in [-0.15, -0.1) is 0 Å². The van der Waals surface area contributed by atoms with Gasteiger partial charge in [-0.25, -0.2) is 8.42 Å². The number of ether oxygens (including phenoxy) is 1. The maximum absolute atomic E-state index is 12.5. The number of carbonyl (C=O) groups excluding carboxylic acids is 3. The Morgan fingerprint density at radius 3 is 2.53 bits per heavy atom. The normalized spacial score (nSPS) is 14.9. The Morgan fingerprint density at radius 1 is 1.18 bits per heavy atom. The molecule has 2 heterocycles. The number of thiazole rings is 1. The molecule has 14 heteroatoms. The molecule has 3 rings (SSSR count). The average molecular weight is 513 g/mol. The number of benzene rings is 1. The second-order valence-electron chi connectivity index (χ2n) is 7.66. The van der Waals surface area contributed by atoms with Crippen LogP contribution in [0.25, 0.3) is 10.2 Å². The maximum Gasteiger partial charge on any atom is 0.326 e. The molecule has 34 heavy (non-hydrogen) atoms. The van der Waals surface area contributed by atoms with E-state index in [4.69, 9.17) is 4.74 Å². The third kappa shape index (κ3) is 6.47. The Morgan fingerprint density at radius 2 is 1.88 bits per heavy atom. The van der Waals surface area contributed by atoms with Gasteiger partial charge in [0.2, 0.25) is 5.91 Å². The average Bonchev–Trinajstić information content (AvgIpc) is 3.09. The van der Waals surface area contributed by atoms with E-state index >= 15 is 0 Å². The van der Waals surface area contributed by atoms with E-state index in [0.29, 0.717) is 23.3 Å². The monoisotopic (exact) mass is 512 g/mol. The summed E-state index contributed by atoms with van der Waals surface area (Å²) in [7, 11) is -4.06. The number of nitrogens with zero attached hydrogens (tertiary/aromatic N) is 4. The first kappa shape index (κ1) is 25.5. The molecule has 0 N–H and O–H groups in total. The summed E-state index contributed by atoms with van der Waals surface area (Å²) < 4.78 is 31.5. The van der Waals surface area contributed by atoms with Crippen LogP contribution >= 0.6 is 11.3 Å². The van der Waals surface area contributed by atoms with E-state index in [9.17, 15) is 32.9 Å². The Balaban J connectivity index is 1.87. The van der Waals surface area contributed by atoms with Gasteiger partial charge in [-0.05, 0) is 32.3 Å². The van der Waals surface area contributed by atoms with E-state index in [2.05, 4.69) is 4.99 Å². The van der Waals surface area contributed by atoms with Gasteiger partial charge in [-0.1, -0.05) is 11.3 Å². The Hall–Kier alpha value is -3.13. The van der Waals surface area contributed by atoms with Crippen LogP contribution in [0.15, 0.2) is 23.2 Å². The van der Waals surface area contributed by atoms with Gasteiger partial charge in [0, 0.05) is 25.2 Å². The molecule has 1 aromatic heterocycles. The van der Waals surface area contributed by atoms with Crippen LogP contribution in [-0.4, -0.2) is 71.8 Å². The topological polar surface area (TPSA) is 158 Å². The molecule has 0 spiro atoms. The maximum atomic E-state index is 12.5. The predicted octanol–water partition coefficient (Wildman–Crippen LogP) is 1.03. The molecule has 0 atom stereocenters. The minimum Gasteiger partial charge on any atom is -0.465 e. The minimum atomic E-state index is -4.06. The van der Waals surface area contributed by atoms with E-state index in [-0.39, 0.29) is 23.6 Å². The lowest BCUT2D eigenvalue weighted by Crippen LogP contribution is -2.40. The zero-order valence-electron chi connectivity index (χ0n) is 18.5. The van der Waals surface area contributed by atoms with Crippen LogP contribution in [0.2, 0.25) is 0 Å². The van der Waals surface area contributed by atoms with Gasteiger partial charge in [0.15, 0.2) is 14.6 Å². The zero-order chi connectivity index (χ0) is 24.9. The number of piperidine rings is 1. The fourth-order valence-electron chi connectivity index (χ4n) is 3.55. The van der Waals surface area contributed by atoms with Crippen molar-refractivity contribution in [3.05, 3.63) is 33.1 Å². The quantitative estimate of drug-likeness (QED) is 0.288. The first-order valence-corrected chi connectivity index (χ1v) is 13.2. The number of sulfone groups is 1. The fourth-order valence-corrected chi connectivity index (χ4v) is 5.73. The number of carbonyl (C=O) groups is 3. The molecule has 0 bridgehead atoms. The van der Waals surface area contributed by atoms with Crippen LogP contribution in [0, 0.1) is 10.1 Å². The summed E-state index contributed by atoms with van der Waals surface area (Å²) in [5, 5.41) is 11.1. The van der Waals surface area contributed by atoms with Gasteiger partial charge < -0.3 is 14.2 Å². The van der Waals surface area contributed by atoms with Crippen molar-refractivity contribution in [3.63, 3.8) is 0 Å². The van der Waals surface area contributed by atoms with Crippen molar-refractivity contribution in [2.75, 3.05) is 31.2 Å². The Kier molecular flexibility index (Phi) is 8.15. The van der Waals surface area contributed by atoms with Gasteiger partial charge in [0.25, 0.3) is 11.6 Å². The highest BCUT2D eigenvalue weighted by molar-refractivity contribution is 7.92. The van der Waals surface area contributed by atoms with Crippen LogP contribution in [-0.2, 0) is 35.5 Å². The lowest BCUT2D eigenvalue weighted by Gasteiger charge is -2.26. The standard InChI is InChI=1S/C20H24N4O8S2/c1-2-32-19(27)11-23-15-7-6-14(24(28)29)10-16(15)33-20(23)21-17(25)12-34(30,31)13-18(26)22-8-4-3-5-9-22/h6-7,10H,2-5,8-9,11-13H2,1H3. The van der Waals surface area contributed by atoms with E-state index < -0.39 is 44.0 Å². The Labute approximate surface area is 198 Å². The largest absolute Gasteiger partial charge is 0.465 e. The molecule has 1 fully saturated rings. The molecular formula is C20H24N4O8S2. The summed E-state index contributed by atoms with van der Waals surface area (Å²) in [5.41, 5.74) is 0.215. The minimum absolute atomic E-state index is 0.00823. The number of aromatic nitrogens is 1. The molecular weight excluding hydrogens is 488 g/mol. The first-order chi connectivity index (χ1) is 16.1. The van der Waals surface area contributed by atoms with Gasteiger partial charge in [-0.3, -0.25) is 24.5 Å². The van der Waals surface area contributed by atoms with Gasteiger partial charge >= 0.3 is 5.97 Å². The zero-order valence-corrected chi connectivity index (χ0v) is 20.1. The van der Waals surface area contributed by atoms with E-state index in [1.165, 1.54) is 27.7 Å². The van der Waals surface area contributed by atoms with Gasteiger partial charge in [-0.2, -0.15) is 4.99 Å². The lowest BCUT2D eigenvalue weighted by atomic mass is 10.1. The van der Waals surface area contributed by atoms with E-state index in [0.717, 1.165) is 30.6 Å². The van der Waals surface area contributed by atoms with Crippen molar-refractivity contribution in [3.8, 4) is 0 Å². The van der Waals surface area contributed by atoms with Crippen LogP contribution in [0.4, 0.5) is 5.69 Å². The number of rotatable bonds is 8. The van der Waals surface area contributed by atoms with Crippen LogP contribution in [0.3, 0.4) is 0 Å². The molecule has 1 aliphatic rings. The van der Waals surface area contributed by atoms with Crippen molar-refractivity contribution in [2.24, 2.45) is 4.99 Å². The van der Waals surface area contributed by atoms with Crippen LogP contribution in [0.5, 0.6) is 0 Å². The number of hydrogen-bond donors (Lipinski definition) is 0. The van der Waals surface area contributed by atoms with Crippen molar-refractivity contribution in [2.45, 2.75) is 32.7 Å². The van der Waals surface area contributed by atoms with Gasteiger partial charge in [0.05, 0.1) is 21.7 Å². The van der Waals surface area contributed by atoms with Crippen molar-refractivity contribution < 1.29 is 32.5 Å². The molecule has 184 valence electrons. The molecule has 0 radical (unpaired) electrons. The molecule has 2 aromatic rings. The summed E-state index contributed by atoms with van der Waals surface area (Å²) in [6.07, 6.45) is 2.60. The van der Waals surface area contributed by atoms with Crippen molar-refractivity contribution >= 4 is 54.9 Å². The number of non-ortho nitro benzene ring substituents is 1. The Bertz CT molecular complexity index is 1290. The number of esters is 1. The number of hydrogen-bond acceptors (Lipinski definition) is 9. The SMILES string of the molecule is CCOC(=O)Cn1c(=NC(=O)CS(=O)(=O)CC(=O)N2CCCCC2)sc2cc([N+](=O)[O-])ccc21. The fraction of sp³-hybridized carbons (Fsp3) is 0.500. The third-order valence-corrected chi connectivity index (χ3v) is 7.50. The summed E-state index contributed by atoms with van der Waals surface area (Å²) in [4.78, 5) is 52.7. The lowest BCUT2D eigenvalue weighted by molar-refractivity contribution is -0.384. The van der Waals surface area contributed by atoms with Crippen LogP contribution < -0.4 is 4.80 Å². The summed E-state index contributed by atoms with van der Waals surface area (Å²) in [6, 6.07) is 3.94. The predicted molar refractivity (Wildman–Crippen MR) is 123 cm³/mol. The number of nitro benzene ring substituents is 1. The molecule has 1 aliphatic heterocycles. The molecule has 0 unspecified atom stereocenters. The molecule has 0 saturated carbocycles. The molecule has 12 nitrogen and oxygen atoms in total. The molecule has 1 aromatic carbocycles. The highest BCUT2D eigenvalue weighted by Gasteiger charge is 2.25. The number of fused-ring (bicyclic) bond motifs is 1. The van der Waals surface area contributed by atoms with Crippen molar-refractivity contribution in [1.82, 2.24) is 9.47 Å². The highest BCUT2D eigenvalue weighted by Crippen LogP contribution is 2.23. The summed E-state index contributed by atoms with van der Waals surface area (Å²) >= 11 is 0.900. The summed E-state index contributed by atoms with van der Waals surface area (Å²) in [5.74, 6) is -3.92. The second kappa shape index (κ2) is 10.9. The molecule has 2 amide bonds. The third-order valence-electron chi connectivity index (χ3n) is 5.09. The number of nitro groups is 1. The van der Waals surface area contributed by atoms with Crippen molar-refractivity contribution in [1.29, 1.82) is 0 Å². The number of likely N-dealkylation sites (tertiary alicyclic amines) is 1. The smallest absolute Gasteiger partial charge is 0.326 e. The molecule has 1 saturated heterocycles. The van der Waals surface area contributed by atoms with Gasteiger partial charge in [0.1, 0.15) is 18.1 Å². The second-order valence-corrected chi connectivity index (χ2v) is 10.7. The molecule has 0 aliphatic carbocycles. The summed E-state index contributed by atoms with van der Waals surface area (Å²) in [6.45, 7) is 2.42. The number of amides is 2. The highest BCUT2D eigenvalue weighted by atomic mass is 32.2. The van der Waals surface area contributed by atoms with E-state index in [1.54, 1.807) is 6.92 Å². The van der Waals surface area contributed by atoms with E-state index in [1.807, 2.05) is 0 Å².